The van der Waals surface area contributed by atoms with Gasteiger partial charge in [-0.05, 0) is 31.8 Å². The Bertz CT molecular complexity index is 537. The Balaban J connectivity index is 0.000001000. The van der Waals surface area contributed by atoms with Crippen molar-refractivity contribution in [1.82, 2.24) is 24.8 Å². The van der Waals surface area contributed by atoms with Crippen LogP contribution in [0.4, 0.5) is 0 Å². The highest BCUT2D eigenvalue weighted by Crippen LogP contribution is 2.17. The van der Waals surface area contributed by atoms with E-state index in [9.17, 15) is 0 Å². The molecule has 0 aliphatic carbocycles. The summed E-state index contributed by atoms with van der Waals surface area (Å²) in [6.45, 7) is 2.21. The number of nitrogens with one attached hydrogen (secondary N) is 1. The van der Waals surface area contributed by atoms with Gasteiger partial charge in [0.1, 0.15) is 5.69 Å². The molecule has 5 nitrogen and oxygen atoms in total. The van der Waals surface area contributed by atoms with Crippen LogP contribution in [0.15, 0.2) is 24.8 Å². The molecule has 1 saturated heterocycles. The highest BCUT2D eigenvalue weighted by Gasteiger charge is 2.16. The summed E-state index contributed by atoms with van der Waals surface area (Å²) in [4.78, 5) is 13.3. The lowest BCUT2D eigenvalue weighted by atomic mass is 10.0. The molecule has 110 valence electrons. The summed E-state index contributed by atoms with van der Waals surface area (Å²) in [5, 5.41) is 3.38. The van der Waals surface area contributed by atoms with Crippen LogP contribution in [0.3, 0.4) is 0 Å². The van der Waals surface area contributed by atoms with Crippen molar-refractivity contribution in [3.8, 4) is 11.5 Å². The third-order valence-electron chi connectivity index (χ3n) is 3.39. The van der Waals surface area contributed by atoms with E-state index in [1.54, 1.807) is 12.4 Å². The topological polar surface area (TPSA) is 55.6 Å². The van der Waals surface area contributed by atoms with E-state index in [1.165, 1.54) is 6.42 Å². The minimum atomic E-state index is 0. The lowest BCUT2D eigenvalue weighted by Crippen LogP contribution is -2.11. The maximum atomic E-state index is 4.67. The van der Waals surface area contributed by atoms with E-state index in [1.807, 2.05) is 24.0 Å². The number of hydrogen-bond acceptors (Lipinski definition) is 4. The number of aryl methyl sites for hydroxylation is 1. The second-order valence-corrected chi connectivity index (χ2v) is 4.82. The molecule has 0 spiro atoms. The molecular formula is C13H19Cl2N5. The molecule has 1 N–H and O–H groups in total. The van der Waals surface area contributed by atoms with E-state index >= 15 is 0 Å². The van der Waals surface area contributed by atoms with E-state index in [2.05, 4.69) is 20.3 Å². The predicted molar refractivity (Wildman–Crippen MR) is 83.4 cm³/mol. The van der Waals surface area contributed by atoms with Crippen LogP contribution < -0.4 is 5.32 Å². The van der Waals surface area contributed by atoms with Gasteiger partial charge in [-0.3, -0.25) is 4.98 Å². The van der Waals surface area contributed by atoms with Crippen molar-refractivity contribution in [3.63, 3.8) is 0 Å². The highest BCUT2D eigenvalue weighted by molar-refractivity contribution is 5.85. The largest absolute Gasteiger partial charge is 0.333 e. The van der Waals surface area contributed by atoms with E-state index in [-0.39, 0.29) is 24.8 Å². The molecule has 2 aromatic heterocycles. The Hall–Kier alpha value is -1.17. The molecule has 1 aliphatic rings. The molecule has 1 atom stereocenters. The summed E-state index contributed by atoms with van der Waals surface area (Å²) in [6, 6.07) is 0. The summed E-state index contributed by atoms with van der Waals surface area (Å²) in [5.41, 5.74) is 1.91. The summed E-state index contributed by atoms with van der Waals surface area (Å²) in [7, 11) is 1.97. The van der Waals surface area contributed by atoms with Gasteiger partial charge in [0.05, 0.1) is 11.9 Å². The quantitative estimate of drug-likeness (QED) is 0.939. The molecule has 0 amide bonds. The molecule has 7 heteroatoms. The Kier molecular flexibility index (Phi) is 6.39. The number of imidazole rings is 1. The van der Waals surface area contributed by atoms with Gasteiger partial charge in [0.25, 0.3) is 0 Å². The van der Waals surface area contributed by atoms with E-state index in [4.69, 9.17) is 0 Å². The van der Waals surface area contributed by atoms with Crippen LogP contribution >= 0.6 is 24.8 Å². The predicted octanol–water partition coefficient (Wildman–Crippen LogP) is 1.87. The Morgan fingerprint density at radius 2 is 2.20 bits per heavy atom. The molecule has 3 rings (SSSR count). The molecule has 1 unspecified atom stereocenters. The molecule has 1 fully saturated rings. The van der Waals surface area contributed by atoms with Gasteiger partial charge in [0.2, 0.25) is 0 Å². The summed E-state index contributed by atoms with van der Waals surface area (Å²) >= 11 is 0. The summed E-state index contributed by atoms with van der Waals surface area (Å²) in [5.74, 6) is 1.56. The molecule has 20 heavy (non-hydrogen) atoms. The summed E-state index contributed by atoms with van der Waals surface area (Å²) < 4.78 is 1.96. The van der Waals surface area contributed by atoms with Crippen LogP contribution in [0.2, 0.25) is 0 Å². The van der Waals surface area contributed by atoms with Crippen LogP contribution in [0, 0.1) is 5.92 Å². The zero-order valence-electron chi connectivity index (χ0n) is 11.3. The first-order valence-corrected chi connectivity index (χ1v) is 6.32. The van der Waals surface area contributed by atoms with Gasteiger partial charge < -0.3 is 9.88 Å². The van der Waals surface area contributed by atoms with Gasteiger partial charge in [-0.25, -0.2) is 9.97 Å². The van der Waals surface area contributed by atoms with E-state index in [0.29, 0.717) is 5.92 Å². The normalized spacial score (nSPS) is 17.4. The van der Waals surface area contributed by atoms with Crippen molar-refractivity contribution in [1.29, 1.82) is 0 Å². The summed E-state index contributed by atoms with van der Waals surface area (Å²) in [6.07, 6.45) is 9.57. The highest BCUT2D eigenvalue weighted by atomic mass is 35.5. The third kappa shape index (κ3) is 3.69. The molecule has 0 aromatic carbocycles. The zero-order chi connectivity index (χ0) is 12.4. The van der Waals surface area contributed by atoms with Gasteiger partial charge in [-0.2, -0.15) is 0 Å². The fourth-order valence-corrected chi connectivity index (χ4v) is 2.41. The smallest absolute Gasteiger partial charge is 0.159 e. The molecule has 3 heterocycles. The molecule has 2 aromatic rings. The van der Waals surface area contributed by atoms with Crippen molar-refractivity contribution < 1.29 is 0 Å². The van der Waals surface area contributed by atoms with Crippen LogP contribution in [-0.2, 0) is 13.5 Å². The van der Waals surface area contributed by atoms with Gasteiger partial charge in [-0.1, -0.05) is 0 Å². The second kappa shape index (κ2) is 7.57. The molecule has 0 radical (unpaired) electrons. The Morgan fingerprint density at radius 1 is 1.35 bits per heavy atom. The lowest BCUT2D eigenvalue weighted by Gasteiger charge is -2.08. The lowest BCUT2D eigenvalue weighted by molar-refractivity contribution is 0.570. The average Bonchev–Trinajstić information content (AvgIpc) is 3.01. The van der Waals surface area contributed by atoms with Crippen LogP contribution in [0.25, 0.3) is 11.5 Å². The first kappa shape index (κ1) is 16.9. The number of halogens is 2. The molecule has 1 aliphatic heterocycles. The average molecular weight is 316 g/mol. The van der Waals surface area contributed by atoms with Crippen molar-refractivity contribution >= 4 is 24.8 Å². The van der Waals surface area contributed by atoms with Crippen molar-refractivity contribution in [3.05, 3.63) is 30.5 Å². The second-order valence-electron chi connectivity index (χ2n) is 4.82. The van der Waals surface area contributed by atoms with Gasteiger partial charge in [-0.15, -0.1) is 24.8 Å². The fourth-order valence-electron chi connectivity index (χ4n) is 2.41. The zero-order valence-corrected chi connectivity index (χ0v) is 13.0. The molecule has 0 bridgehead atoms. The van der Waals surface area contributed by atoms with Gasteiger partial charge in [0.15, 0.2) is 5.82 Å². The molecule has 0 saturated carbocycles. The van der Waals surface area contributed by atoms with Gasteiger partial charge in [0, 0.05) is 25.6 Å². The van der Waals surface area contributed by atoms with Crippen molar-refractivity contribution in [2.24, 2.45) is 13.0 Å². The van der Waals surface area contributed by atoms with Crippen molar-refractivity contribution in [2.45, 2.75) is 12.8 Å². The van der Waals surface area contributed by atoms with E-state index in [0.717, 1.165) is 36.7 Å². The van der Waals surface area contributed by atoms with Crippen LogP contribution in [0.5, 0.6) is 0 Å². The maximum Gasteiger partial charge on any atom is 0.159 e. The fraction of sp³-hybridized carbons (Fsp3) is 0.462. The van der Waals surface area contributed by atoms with Crippen molar-refractivity contribution in [2.75, 3.05) is 13.1 Å². The number of rotatable bonds is 3. The number of nitrogens with zero attached hydrogens (tertiary/aromatic N) is 4. The monoisotopic (exact) mass is 315 g/mol. The Labute approximate surface area is 131 Å². The first-order chi connectivity index (χ1) is 8.83. The van der Waals surface area contributed by atoms with Gasteiger partial charge >= 0.3 is 0 Å². The Morgan fingerprint density at radius 3 is 2.85 bits per heavy atom. The van der Waals surface area contributed by atoms with Crippen LogP contribution in [0.1, 0.15) is 12.1 Å². The van der Waals surface area contributed by atoms with E-state index < -0.39 is 0 Å². The number of aromatic nitrogens is 4. The number of hydrogen-bond donors (Lipinski definition) is 1. The maximum absolute atomic E-state index is 4.67. The third-order valence-corrected chi connectivity index (χ3v) is 3.39. The first-order valence-electron chi connectivity index (χ1n) is 6.32. The molecular weight excluding hydrogens is 297 g/mol. The van der Waals surface area contributed by atoms with Crippen LogP contribution in [-0.4, -0.2) is 32.6 Å². The minimum Gasteiger partial charge on any atom is -0.333 e. The standard InChI is InChI=1S/C13H17N5.2ClH/c1-18-5-4-16-13(18)12-9-15-8-11(17-12)6-10-2-3-14-7-10;;/h4-5,8-10,14H,2-3,6-7H2,1H3;2*1H. The minimum absolute atomic E-state index is 0. The SMILES string of the molecule is Cl.Cl.Cn1ccnc1-c1cncc(CC2CCNC2)n1.